The van der Waals surface area contributed by atoms with E-state index in [0.717, 1.165) is 24.6 Å². The fraction of sp³-hybridized carbons (Fsp3) is 0.333. The van der Waals surface area contributed by atoms with Gasteiger partial charge in [-0.1, -0.05) is 30.3 Å². The van der Waals surface area contributed by atoms with Crippen molar-refractivity contribution in [3.05, 3.63) is 47.0 Å². The predicted molar refractivity (Wildman–Crippen MR) is 81.2 cm³/mol. The first-order chi connectivity index (χ1) is 9.58. The van der Waals surface area contributed by atoms with Crippen LogP contribution in [-0.2, 0) is 11.2 Å². The summed E-state index contributed by atoms with van der Waals surface area (Å²) in [7, 11) is 3.67. The Bertz CT molecular complexity index is 526. The molecule has 0 bridgehead atoms. The summed E-state index contributed by atoms with van der Waals surface area (Å²) in [6.45, 7) is 0.477. The van der Waals surface area contributed by atoms with Crippen LogP contribution >= 0.6 is 11.8 Å². The minimum absolute atomic E-state index is 0.170. The van der Waals surface area contributed by atoms with Gasteiger partial charge in [0, 0.05) is 26.8 Å². The lowest BCUT2D eigenvalue weighted by Gasteiger charge is -2.12. The number of amides is 2. The molecule has 0 unspecified atom stereocenters. The number of hydrogen-bond donors (Lipinski definition) is 0. The van der Waals surface area contributed by atoms with Gasteiger partial charge in [-0.2, -0.15) is 0 Å². The molecule has 0 saturated carbocycles. The van der Waals surface area contributed by atoms with Crippen molar-refractivity contribution in [2.45, 2.75) is 12.8 Å². The number of aryl methyl sites for hydroxylation is 1. The van der Waals surface area contributed by atoms with Crippen LogP contribution in [0.15, 0.2) is 41.4 Å². The van der Waals surface area contributed by atoms with Crippen molar-refractivity contribution < 1.29 is 9.59 Å². The van der Waals surface area contributed by atoms with Gasteiger partial charge in [-0.15, -0.1) is 0 Å². The number of hydrogen-bond acceptors (Lipinski definition) is 4. The minimum atomic E-state index is -0.179. The second-order valence-corrected chi connectivity index (χ2v) is 5.86. The molecule has 4 nitrogen and oxygen atoms in total. The molecule has 0 N–H and O–H groups in total. The quantitative estimate of drug-likeness (QED) is 0.782. The van der Waals surface area contributed by atoms with Crippen LogP contribution in [-0.4, -0.2) is 41.6 Å². The molecule has 0 spiro atoms. The number of thioether (sulfide) groups is 1. The molecule has 1 aliphatic rings. The topological polar surface area (TPSA) is 40.6 Å². The smallest absolute Gasteiger partial charge is 0.293 e. The first kappa shape index (κ1) is 14.7. The van der Waals surface area contributed by atoms with Crippen molar-refractivity contribution in [1.82, 2.24) is 9.80 Å². The fourth-order valence-corrected chi connectivity index (χ4v) is 2.94. The van der Waals surface area contributed by atoms with Gasteiger partial charge < -0.3 is 4.90 Å². The van der Waals surface area contributed by atoms with Crippen molar-refractivity contribution in [3.8, 4) is 0 Å². The first-order valence-electron chi connectivity index (χ1n) is 6.54. The second-order valence-electron chi connectivity index (χ2n) is 4.87. The number of imide groups is 1. The molecule has 2 rings (SSSR count). The third-order valence-corrected chi connectivity index (χ3v) is 3.83. The van der Waals surface area contributed by atoms with E-state index in [1.54, 1.807) is 11.1 Å². The van der Waals surface area contributed by atoms with E-state index in [-0.39, 0.29) is 11.1 Å². The maximum absolute atomic E-state index is 12.1. The number of rotatable bonds is 5. The first-order valence-corrected chi connectivity index (χ1v) is 7.35. The Morgan fingerprint density at radius 2 is 1.90 bits per heavy atom. The summed E-state index contributed by atoms with van der Waals surface area (Å²) in [6, 6.07) is 10.1. The van der Waals surface area contributed by atoms with Crippen LogP contribution in [0.25, 0.3) is 0 Å². The molecule has 1 aromatic carbocycles. The molecule has 1 aromatic rings. The Hall–Kier alpha value is -1.75. The van der Waals surface area contributed by atoms with Gasteiger partial charge in [0.15, 0.2) is 0 Å². The summed E-state index contributed by atoms with van der Waals surface area (Å²) in [5.41, 5.74) is 1.23. The predicted octanol–water partition coefficient (Wildman–Crippen LogP) is 2.72. The zero-order valence-corrected chi connectivity index (χ0v) is 12.5. The van der Waals surface area contributed by atoms with E-state index in [1.165, 1.54) is 10.5 Å². The summed E-state index contributed by atoms with van der Waals surface area (Å²) >= 11 is 1.01. The van der Waals surface area contributed by atoms with Gasteiger partial charge in [0.2, 0.25) is 0 Å². The Morgan fingerprint density at radius 1 is 1.20 bits per heavy atom. The Kier molecular flexibility index (Phi) is 4.84. The van der Waals surface area contributed by atoms with Crippen molar-refractivity contribution in [3.63, 3.8) is 0 Å². The van der Waals surface area contributed by atoms with E-state index in [0.29, 0.717) is 11.4 Å². The lowest BCUT2D eigenvalue weighted by Crippen LogP contribution is -2.29. The molecule has 0 atom stereocenters. The van der Waals surface area contributed by atoms with Gasteiger partial charge >= 0.3 is 0 Å². The summed E-state index contributed by atoms with van der Waals surface area (Å²) in [6.07, 6.45) is 3.36. The Balaban J connectivity index is 1.90. The molecule has 106 valence electrons. The lowest BCUT2D eigenvalue weighted by molar-refractivity contribution is -0.122. The average molecular weight is 290 g/mol. The zero-order valence-electron chi connectivity index (χ0n) is 11.7. The molecule has 0 radical (unpaired) electrons. The van der Waals surface area contributed by atoms with E-state index in [9.17, 15) is 9.59 Å². The highest BCUT2D eigenvalue weighted by Crippen LogP contribution is 2.30. The maximum atomic E-state index is 12.1. The zero-order chi connectivity index (χ0) is 14.5. The maximum Gasteiger partial charge on any atom is 0.293 e. The molecule has 0 aromatic heterocycles. The normalized spacial score (nSPS) is 17.1. The van der Waals surface area contributed by atoms with Crippen molar-refractivity contribution in [2.24, 2.45) is 0 Å². The third-order valence-electron chi connectivity index (χ3n) is 2.94. The van der Waals surface area contributed by atoms with Crippen molar-refractivity contribution >= 4 is 22.9 Å². The van der Waals surface area contributed by atoms with Crippen LogP contribution in [0.4, 0.5) is 4.79 Å². The van der Waals surface area contributed by atoms with E-state index >= 15 is 0 Å². The molecule has 1 aliphatic heterocycles. The molecule has 5 heteroatoms. The fourth-order valence-electron chi connectivity index (χ4n) is 2.00. The Labute approximate surface area is 123 Å². The Morgan fingerprint density at radius 3 is 2.55 bits per heavy atom. The summed E-state index contributed by atoms with van der Waals surface area (Å²) in [5.74, 6) is -0.179. The molecule has 1 fully saturated rings. The van der Waals surface area contributed by atoms with Crippen molar-refractivity contribution in [1.29, 1.82) is 0 Å². The standard InChI is InChI=1S/C15H18N2O2S/c1-16(2)11-13-14(18)17(15(19)20-13)10-6-9-12-7-4-3-5-8-12/h3-5,7-8,11H,6,9-10H2,1-2H3. The van der Waals surface area contributed by atoms with Crippen LogP contribution < -0.4 is 0 Å². The molecular formula is C15H18N2O2S. The highest BCUT2D eigenvalue weighted by Gasteiger charge is 2.34. The van der Waals surface area contributed by atoms with Gasteiger partial charge in [0.05, 0.1) is 4.91 Å². The van der Waals surface area contributed by atoms with E-state index in [4.69, 9.17) is 0 Å². The van der Waals surface area contributed by atoms with E-state index < -0.39 is 0 Å². The van der Waals surface area contributed by atoms with Crippen LogP contribution in [0.2, 0.25) is 0 Å². The molecule has 1 heterocycles. The number of benzene rings is 1. The van der Waals surface area contributed by atoms with Crippen LogP contribution in [0.3, 0.4) is 0 Å². The highest BCUT2D eigenvalue weighted by molar-refractivity contribution is 8.18. The monoisotopic (exact) mass is 290 g/mol. The molecule has 0 aliphatic carbocycles. The SMILES string of the molecule is CN(C)C=C1SC(=O)N(CCCc2ccccc2)C1=O. The number of carbonyl (C=O) groups excluding carboxylic acids is 2. The summed E-state index contributed by atoms with van der Waals surface area (Å²) < 4.78 is 0. The molecule has 20 heavy (non-hydrogen) atoms. The van der Waals surface area contributed by atoms with E-state index in [1.807, 2.05) is 32.3 Å². The second kappa shape index (κ2) is 6.61. The highest BCUT2D eigenvalue weighted by atomic mass is 32.2. The van der Waals surface area contributed by atoms with Gasteiger partial charge in [0.1, 0.15) is 0 Å². The van der Waals surface area contributed by atoms with E-state index in [2.05, 4.69) is 12.1 Å². The largest absolute Gasteiger partial charge is 0.382 e. The third kappa shape index (κ3) is 3.63. The molecule has 2 amide bonds. The van der Waals surface area contributed by atoms with Gasteiger partial charge in [-0.05, 0) is 30.2 Å². The van der Waals surface area contributed by atoms with Crippen LogP contribution in [0.5, 0.6) is 0 Å². The molecule has 1 saturated heterocycles. The molecular weight excluding hydrogens is 272 g/mol. The van der Waals surface area contributed by atoms with Crippen LogP contribution in [0.1, 0.15) is 12.0 Å². The van der Waals surface area contributed by atoms with Crippen LogP contribution in [0, 0.1) is 0 Å². The van der Waals surface area contributed by atoms with Gasteiger partial charge in [0.25, 0.3) is 11.1 Å². The van der Waals surface area contributed by atoms with Crippen molar-refractivity contribution in [2.75, 3.05) is 20.6 Å². The average Bonchev–Trinajstić information content (AvgIpc) is 2.67. The number of carbonyl (C=O) groups is 2. The summed E-state index contributed by atoms with van der Waals surface area (Å²) in [5, 5.41) is -0.170. The lowest BCUT2D eigenvalue weighted by atomic mass is 10.1. The minimum Gasteiger partial charge on any atom is -0.382 e. The number of nitrogens with zero attached hydrogens (tertiary/aromatic N) is 2. The van der Waals surface area contributed by atoms with Gasteiger partial charge in [-0.3, -0.25) is 14.5 Å². The summed E-state index contributed by atoms with van der Waals surface area (Å²) in [4.78, 5) is 27.5. The van der Waals surface area contributed by atoms with Gasteiger partial charge in [-0.25, -0.2) is 0 Å².